The zero-order chi connectivity index (χ0) is 13.2. The quantitative estimate of drug-likeness (QED) is 0.854. The van der Waals surface area contributed by atoms with E-state index in [1.54, 1.807) is 0 Å². The van der Waals surface area contributed by atoms with Crippen LogP contribution in [0, 0.1) is 5.92 Å². The van der Waals surface area contributed by atoms with Crippen LogP contribution in [0.3, 0.4) is 0 Å². The Morgan fingerprint density at radius 3 is 1.83 bits per heavy atom. The zero-order valence-electron chi connectivity index (χ0n) is 11.4. The smallest absolute Gasteiger partial charge is 0.0404 e. The van der Waals surface area contributed by atoms with E-state index < -0.39 is 0 Å². The van der Waals surface area contributed by atoms with Crippen molar-refractivity contribution in [1.29, 1.82) is 0 Å². The van der Waals surface area contributed by atoms with Crippen molar-refractivity contribution >= 4 is 0 Å². The summed E-state index contributed by atoms with van der Waals surface area (Å²) in [6.07, 6.45) is 0. The molecule has 2 aromatic rings. The van der Waals surface area contributed by atoms with Crippen LogP contribution >= 0.6 is 0 Å². The second-order valence-corrected chi connectivity index (χ2v) is 5.38. The third-order valence-electron chi connectivity index (χ3n) is 3.81. The van der Waals surface area contributed by atoms with Gasteiger partial charge in [-0.3, -0.25) is 0 Å². The van der Waals surface area contributed by atoms with Crippen molar-refractivity contribution in [3.8, 4) is 11.1 Å². The standard InChI is InChI=1S/C17H21N/c1-13(2)17(3,18)16-11-9-15(10-12-16)14-7-5-4-6-8-14/h4-13H,18H2,1-3H3. The molecule has 0 bridgehead atoms. The van der Waals surface area contributed by atoms with Gasteiger partial charge >= 0.3 is 0 Å². The van der Waals surface area contributed by atoms with Crippen LogP contribution in [0.1, 0.15) is 26.3 Å². The summed E-state index contributed by atoms with van der Waals surface area (Å²) in [5.41, 5.74) is 9.77. The molecule has 0 fully saturated rings. The molecule has 1 nitrogen and oxygen atoms in total. The van der Waals surface area contributed by atoms with Crippen LogP contribution < -0.4 is 5.73 Å². The molecule has 1 heteroatoms. The van der Waals surface area contributed by atoms with Crippen molar-refractivity contribution in [2.45, 2.75) is 26.3 Å². The van der Waals surface area contributed by atoms with E-state index in [2.05, 4.69) is 69.3 Å². The molecule has 0 aliphatic heterocycles. The molecular weight excluding hydrogens is 218 g/mol. The monoisotopic (exact) mass is 239 g/mol. The van der Waals surface area contributed by atoms with Gasteiger partial charge in [-0.2, -0.15) is 0 Å². The molecule has 2 N–H and O–H groups in total. The summed E-state index contributed by atoms with van der Waals surface area (Å²) < 4.78 is 0. The van der Waals surface area contributed by atoms with E-state index in [-0.39, 0.29) is 5.54 Å². The second kappa shape index (κ2) is 4.95. The van der Waals surface area contributed by atoms with Crippen molar-refractivity contribution in [3.05, 3.63) is 60.2 Å². The van der Waals surface area contributed by atoms with Crippen LogP contribution in [-0.4, -0.2) is 0 Å². The Balaban J connectivity index is 2.32. The maximum Gasteiger partial charge on any atom is 0.0404 e. The van der Waals surface area contributed by atoms with Crippen LogP contribution in [0.4, 0.5) is 0 Å². The lowest BCUT2D eigenvalue weighted by molar-refractivity contribution is 0.350. The summed E-state index contributed by atoms with van der Waals surface area (Å²) in [5, 5.41) is 0. The number of hydrogen-bond acceptors (Lipinski definition) is 1. The van der Waals surface area contributed by atoms with E-state index in [0.717, 1.165) is 0 Å². The summed E-state index contributed by atoms with van der Waals surface area (Å²) in [6, 6.07) is 19.0. The van der Waals surface area contributed by atoms with Crippen molar-refractivity contribution in [1.82, 2.24) is 0 Å². The van der Waals surface area contributed by atoms with E-state index >= 15 is 0 Å². The number of hydrogen-bond donors (Lipinski definition) is 1. The first kappa shape index (κ1) is 12.8. The maximum absolute atomic E-state index is 6.37. The van der Waals surface area contributed by atoms with Gasteiger partial charge in [-0.25, -0.2) is 0 Å². The topological polar surface area (TPSA) is 26.0 Å². The highest BCUT2D eigenvalue weighted by molar-refractivity contribution is 5.63. The fraction of sp³-hybridized carbons (Fsp3) is 0.294. The minimum atomic E-state index is -0.269. The van der Waals surface area contributed by atoms with Gasteiger partial charge in [0.2, 0.25) is 0 Å². The van der Waals surface area contributed by atoms with Gasteiger partial charge < -0.3 is 5.73 Å². The minimum absolute atomic E-state index is 0.269. The summed E-state index contributed by atoms with van der Waals surface area (Å²) in [5.74, 6) is 0.417. The fourth-order valence-corrected chi connectivity index (χ4v) is 1.99. The third kappa shape index (κ3) is 2.46. The molecule has 94 valence electrons. The molecule has 0 saturated carbocycles. The molecule has 0 amide bonds. The Kier molecular flexibility index (Phi) is 3.53. The van der Waals surface area contributed by atoms with E-state index in [1.165, 1.54) is 16.7 Å². The Labute approximate surface area is 110 Å². The molecule has 0 aromatic heterocycles. The van der Waals surface area contributed by atoms with Crippen molar-refractivity contribution in [3.63, 3.8) is 0 Å². The lowest BCUT2D eigenvalue weighted by Gasteiger charge is -2.29. The van der Waals surface area contributed by atoms with E-state index in [0.29, 0.717) is 5.92 Å². The highest BCUT2D eigenvalue weighted by Gasteiger charge is 2.24. The van der Waals surface area contributed by atoms with Crippen molar-refractivity contribution in [2.24, 2.45) is 11.7 Å². The number of rotatable bonds is 3. The second-order valence-electron chi connectivity index (χ2n) is 5.38. The maximum atomic E-state index is 6.37. The van der Waals surface area contributed by atoms with Gasteiger partial charge in [-0.1, -0.05) is 68.4 Å². The Morgan fingerprint density at radius 1 is 0.833 bits per heavy atom. The van der Waals surface area contributed by atoms with Gasteiger partial charge in [0.25, 0.3) is 0 Å². The van der Waals surface area contributed by atoms with Crippen LogP contribution in [-0.2, 0) is 5.54 Å². The molecule has 0 aliphatic rings. The van der Waals surface area contributed by atoms with Crippen LogP contribution in [0.25, 0.3) is 11.1 Å². The van der Waals surface area contributed by atoms with Crippen LogP contribution in [0.2, 0.25) is 0 Å². The Hall–Kier alpha value is -1.60. The average Bonchev–Trinajstić information content (AvgIpc) is 2.40. The van der Waals surface area contributed by atoms with Gasteiger partial charge in [0.15, 0.2) is 0 Å². The Morgan fingerprint density at radius 2 is 1.33 bits per heavy atom. The van der Waals surface area contributed by atoms with Crippen molar-refractivity contribution in [2.75, 3.05) is 0 Å². The van der Waals surface area contributed by atoms with Gasteiger partial charge in [-0.05, 0) is 29.5 Å². The Bertz CT molecular complexity index is 495. The summed E-state index contributed by atoms with van der Waals surface area (Å²) in [4.78, 5) is 0. The lowest BCUT2D eigenvalue weighted by atomic mass is 9.82. The first-order chi connectivity index (χ1) is 8.51. The lowest BCUT2D eigenvalue weighted by Crippen LogP contribution is -2.38. The van der Waals surface area contributed by atoms with Gasteiger partial charge in [-0.15, -0.1) is 0 Å². The van der Waals surface area contributed by atoms with Gasteiger partial charge in [0.1, 0.15) is 0 Å². The number of benzene rings is 2. The van der Waals surface area contributed by atoms with E-state index in [4.69, 9.17) is 5.73 Å². The molecule has 0 aliphatic carbocycles. The van der Waals surface area contributed by atoms with E-state index in [9.17, 15) is 0 Å². The van der Waals surface area contributed by atoms with Gasteiger partial charge in [0, 0.05) is 5.54 Å². The normalized spacial score (nSPS) is 14.5. The molecule has 2 rings (SSSR count). The highest BCUT2D eigenvalue weighted by atomic mass is 14.7. The molecule has 0 spiro atoms. The van der Waals surface area contributed by atoms with Gasteiger partial charge in [0.05, 0.1) is 0 Å². The molecule has 1 atom stereocenters. The third-order valence-corrected chi connectivity index (χ3v) is 3.81. The summed E-state index contributed by atoms with van der Waals surface area (Å²) in [6.45, 7) is 6.41. The molecule has 1 unspecified atom stereocenters. The molecule has 18 heavy (non-hydrogen) atoms. The van der Waals surface area contributed by atoms with Crippen LogP contribution in [0.15, 0.2) is 54.6 Å². The largest absolute Gasteiger partial charge is 0.321 e. The average molecular weight is 239 g/mol. The van der Waals surface area contributed by atoms with E-state index in [1.807, 2.05) is 6.07 Å². The molecular formula is C17H21N. The number of nitrogens with two attached hydrogens (primary N) is 1. The predicted octanol–water partition coefficient (Wildman–Crippen LogP) is 4.18. The summed E-state index contributed by atoms with van der Waals surface area (Å²) in [7, 11) is 0. The zero-order valence-corrected chi connectivity index (χ0v) is 11.4. The van der Waals surface area contributed by atoms with Crippen LogP contribution in [0.5, 0.6) is 0 Å². The first-order valence-electron chi connectivity index (χ1n) is 6.46. The molecule has 0 radical (unpaired) electrons. The SMILES string of the molecule is CC(C)C(C)(N)c1ccc(-c2ccccc2)cc1. The predicted molar refractivity (Wildman–Crippen MR) is 78.3 cm³/mol. The minimum Gasteiger partial charge on any atom is -0.321 e. The summed E-state index contributed by atoms with van der Waals surface area (Å²) >= 11 is 0. The van der Waals surface area contributed by atoms with Crippen molar-refractivity contribution < 1.29 is 0 Å². The molecule has 0 heterocycles. The first-order valence-corrected chi connectivity index (χ1v) is 6.46. The molecule has 2 aromatic carbocycles. The molecule has 0 saturated heterocycles. The highest BCUT2D eigenvalue weighted by Crippen LogP contribution is 2.28. The fourth-order valence-electron chi connectivity index (χ4n) is 1.99.